The molecular weight excluding hydrogens is 470 g/mol. The molecule has 4 rings (SSSR count). The molecule has 11 nitrogen and oxygen atoms in total. The van der Waals surface area contributed by atoms with Crippen molar-refractivity contribution in [2.24, 2.45) is 0 Å². The van der Waals surface area contributed by atoms with Crippen molar-refractivity contribution in [1.29, 1.82) is 0 Å². The molecule has 0 saturated carbocycles. The van der Waals surface area contributed by atoms with Crippen molar-refractivity contribution in [3.05, 3.63) is 66.5 Å². The van der Waals surface area contributed by atoms with E-state index in [9.17, 15) is 13.2 Å². The summed E-state index contributed by atoms with van der Waals surface area (Å²) in [6.45, 7) is 5.54. The van der Waals surface area contributed by atoms with E-state index in [-0.39, 0.29) is 10.8 Å². The summed E-state index contributed by atoms with van der Waals surface area (Å²) in [7, 11) is -3.56. The highest BCUT2D eigenvalue weighted by Gasteiger charge is 2.21. The topological polar surface area (TPSA) is 135 Å². The lowest BCUT2D eigenvalue weighted by molar-refractivity contribution is 0.0952. The van der Waals surface area contributed by atoms with Crippen molar-refractivity contribution in [1.82, 2.24) is 29.4 Å². The fourth-order valence-electron chi connectivity index (χ4n) is 3.65. The van der Waals surface area contributed by atoms with Crippen molar-refractivity contribution < 1.29 is 17.6 Å². The number of fused-ring (bicyclic) bond motifs is 1. The highest BCUT2D eigenvalue weighted by molar-refractivity contribution is 7.89. The van der Waals surface area contributed by atoms with Crippen molar-refractivity contribution in [3.63, 3.8) is 0 Å². The van der Waals surface area contributed by atoms with Crippen LogP contribution in [0.2, 0.25) is 0 Å². The van der Waals surface area contributed by atoms with Crippen LogP contribution in [0.15, 0.2) is 64.5 Å². The van der Waals surface area contributed by atoms with E-state index < -0.39 is 10.0 Å². The quantitative estimate of drug-likeness (QED) is 0.323. The molecule has 35 heavy (non-hydrogen) atoms. The van der Waals surface area contributed by atoms with Gasteiger partial charge in [-0.3, -0.25) is 4.79 Å². The Labute approximate surface area is 203 Å². The van der Waals surface area contributed by atoms with Gasteiger partial charge in [0.25, 0.3) is 5.91 Å². The first kappa shape index (κ1) is 24.4. The van der Waals surface area contributed by atoms with E-state index in [4.69, 9.17) is 4.42 Å². The number of nitrogens with one attached hydrogen (secondary N) is 2. The molecule has 12 heteroatoms. The minimum Gasteiger partial charge on any atom is -0.467 e. The molecule has 0 unspecified atom stereocenters. The van der Waals surface area contributed by atoms with Crippen molar-refractivity contribution >= 4 is 32.8 Å². The van der Waals surface area contributed by atoms with Gasteiger partial charge in [0.2, 0.25) is 10.0 Å². The maximum Gasteiger partial charge on any atom is 0.251 e. The maximum absolute atomic E-state index is 12.6. The lowest BCUT2D eigenvalue weighted by Gasteiger charge is -2.18. The summed E-state index contributed by atoms with van der Waals surface area (Å²) >= 11 is 0. The number of rotatable bonds is 11. The third-order valence-corrected chi connectivity index (χ3v) is 7.58. The molecule has 0 atom stereocenters. The van der Waals surface area contributed by atoms with Crippen LogP contribution in [0.5, 0.6) is 0 Å². The molecule has 0 fully saturated rings. The second-order valence-corrected chi connectivity index (χ2v) is 9.57. The fraction of sp³-hybridized carbons (Fsp3) is 0.304. The molecule has 3 aromatic heterocycles. The third kappa shape index (κ3) is 5.33. The van der Waals surface area contributed by atoms with Gasteiger partial charge in [-0.1, -0.05) is 13.8 Å². The van der Waals surface area contributed by atoms with Gasteiger partial charge in [-0.15, -0.1) is 0 Å². The molecule has 0 radical (unpaired) electrons. The van der Waals surface area contributed by atoms with Crippen LogP contribution in [0, 0.1) is 0 Å². The molecule has 0 aliphatic heterocycles. The normalized spacial score (nSPS) is 11.7. The molecule has 184 valence electrons. The number of amides is 1. The third-order valence-electron chi connectivity index (χ3n) is 5.51. The largest absolute Gasteiger partial charge is 0.467 e. The number of benzene rings is 1. The van der Waals surface area contributed by atoms with Gasteiger partial charge >= 0.3 is 0 Å². The molecule has 1 amide bonds. The lowest BCUT2D eigenvalue weighted by Crippen LogP contribution is -2.31. The van der Waals surface area contributed by atoms with Crippen LogP contribution < -0.4 is 10.6 Å². The van der Waals surface area contributed by atoms with Gasteiger partial charge < -0.3 is 15.1 Å². The van der Waals surface area contributed by atoms with E-state index in [1.807, 2.05) is 12.1 Å². The minimum absolute atomic E-state index is 0.164. The first-order valence-corrected chi connectivity index (χ1v) is 12.7. The van der Waals surface area contributed by atoms with Gasteiger partial charge in [0.15, 0.2) is 5.65 Å². The first-order chi connectivity index (χ1) is 16.9. The monoisotopic (exact) mass is 497 g/mol. The van der Waals surface area contributed by atoms with E-state index in [2.05, 4.69) is 25.7 Å². The number of hydrogen-bond acceptors (Lipinski definition) is 8. The van der Waals surface area contributed by atoms with Crippen LogP contribution >= 0.6 is 0 Å². The number of aromatic nitrogens is 4. The standard InChI is InChI=1S/C23H27N7O4S/c1-3-29(4-2)35(32,33)19-9-7-17(8-10-19)23(31)24-11-12-30-22-20(15-28-30)21(26-16-27-22)25-14-18-6-5-13-34-18/h5-10,13,15-16H,3-4,11-12,14H2,1-2H3,(H,24,31)(H,25,26,27). The zero-order valence-corrected chi connectivity index (χ0v) is 20.3. The highest BCUT2D eigenvalue weighted by Crippen LogP contribution is 2.19. The van der Waals surface area contributed by atoms with Gasteiger partial charge in [0.1, 0.15) is 17.9 Å². The van der Waals surface area contributed by atoms with Crippen LogP contribution in [-0.4, -0.2) is 58.0 Å². The van der Waals surface area contributed by atoms with Crippen molar-refractivity contribution in [2.75, 3.05) is 25.0 Å². The number of nitrogens with zero attached hydrogens (tertiary/aromatic N) is 5. The summed E-state index contributed by atoms with van der Waals surface area (Å²) in [4.78, 5) is 21.3. The zero-order chi connectivity index (χ0) is 24.8. The molecule has 0 saturated heterocycles. The fourth-order valence-corrected chi connectivity index (χ4v) is 5.11. The van der Waals surface area contributed by atoms with Gasteiger partial charge in [-0.05, 0) is 36.4 Å². The molecule has 1 aromatic carbocycles. The molecule has 4 aromatic rings. The Morgan fingerprint density at radius 3 is 2.57 bits per heavy atom. The summed E-state index contributed by atoms with van der Waals surface area (Å²) < 4.78 is 33.6. The Bertz CT molecular complexity index is 1380. The van der Waals surface area contributed by atoms with Gasteiger partial charge in [-0.25, -0.2) is 23.1 Å². The molecule has 0 bridgehead atoms. The number of sulfonamides is 1. The van der Waals surface area contributed by atoms with E-state index in [0.29, 0.717) is 49.8 Å². The molecule has 0 aliphatic carbocycles. The van der Waals surface area contributed by atoms with Gasteiger partial charge in [-0.2, -0.15) is 9.40 Å². The first-order valence-electron chi connectivity index (χ1n) is 11.2. The summed E-state index contributed by atoms with van der Waals surface area (Å²) in [6, 6.07) is 9.63. The SMILES string of the molecule is CCN(CC)S(=O)(=O)c1ccc(C(=O)NCCn2ncc3c(NCc4ccco4)ncnc32)cc1. The molecule has 2 N–H and O–H groups in total. The molecule has 0 spiro atoms. The second kappa shape index (κ2) is 10.7. The van der Waals surface area contributed by atoms with E-state index in [1.165, 1.54) is 34.9 Å². The van der Waals surface area contributed by atoms with Crippen molar-refractivity contribution in [3.8, 4) is 0 Å². The lowest BCUT2D eigenvalue weighted by atomic mass is 10.2. The van der Waals surface area contributed by atoms with E-state index >= 15 is 0 Å². The number of furan rings is 1. The second-order valence-electron chi connectivity index (χ2n) is 7.63. The summed E-state index contributed by atoms with van der Waals surface area (Å²) in [5, 5.41) is 11.2. The van der Waals surface area contributed by atoms with Crippen LogP contribution in [0.3, 0.4) is 0 Å². The van der Waals surface area contributed by atoms with E-state index in [1.54, 1.807) is 31.0 Å². The van der Waals surface area contributed by atoms with Gasteiger partial charge in [0.05, 0.1) is 35.8 Å². The predicted molar refractivity (Wildman–Crippen MR) is 130 cm³/mol. The zero-order valence-electron chi connectivity index (χ0n) is 19.5. The highest BCUT2D eigenvalue weighted by atomic mass is 32.2. The summed E-state index contributed by atoms with van der Waals surface area (Å²) in [5.74, 6) is 1.12. The minimum atomic E-state index is -3.56. The van der Waals surface area contributed by atoms with Crippen LogP contribution in [-0.2, 0) is 23.1 Å². The summed E-state index contributed by atoms with van der Waals surface area (Å²) in [5.41, 5.74) is 1.02. The number of hydrogen-bond donors (Lipinski definition) is 2. The number of carbonyl (C=O) groups is 1. The Hall–Kier alpha value is -3.77. The van der Waals surface area contributed by atoms with E-state index in [0.717, 1.165) is 11.1 Å². The Kier molecular flexibility index (Phi) is 7.42. The molecule has 3 heterocycles. The van der Waals surface area contributed by atoms with Crippen LogP contribution in [0.4, 0.5) is 5.82 Å². The summed E-state index contributed by atoms with van der Waals surface area (Å²) in [6.07, 6.45) is 4.75. The number of anilines is 1. The Balaban J connectivity index is 1.36. The molecular formula is C23H27N7O4S. The van der Waals surface area contributed by atoms with Crippen LogP contribution in [0.1, 0.15) is 30.0 Å². The van der Waals surface area contributed by atoms with Gasteiger partial charge in [0, 0.05) is 25.2 Å². The average Bonchev–Trinajstić information content (AvgIpc) is 3.54. The van der Waals surface area contributed by atoms with Crippen LogP contribution in [0.25, 0.3) is 11.0 Å². The number of carbonyl (C=O) groups excluding carboxylic acids is 1. The Morgan fingerprint density at radius 1 is 1.11 bits per heavy atom. The smallest absolute Gasteiger partial charge is 0.251 e. The average molecular weight is 498 g/mol. The van der Waals surface area contributed by atoms with Crippen molar-refractivity contribution in [2.45, 2.75) is 31.8 Å². The maximum atomic E-state index is 12.6. The Morgan fingerprint density at radius 2 is 1.89 bits per heavy atom. The molecule has 0 aliphatic rings. The predicted octanol–water partition coefficient (Wildman–Crippen LogP) is 2.49.